The monoisotopic (exact) mass is 518 g/mol. The number of hydrogen-bond donors (Lipinski definition) is 1. The van der Waals surface area contributed by atoms with Gasteiger partial charge in [-0.1, -0.05) is 13.0 Å². The molecule has 37 heavy (non-hydrogen) atoms. The van der Waals surface area contributed by atoms with Gasteiger partial charge in [0, 0.05) is 23.2 Å². The number of aryl methyl sites for hydroxylation is 1. The van der Waals surface area contributed by atoms with Gasteiger partial charge in [0.15, 0.2) is 18.1 Å². The number of fused-ring (bicyclic) bond motifs is 1. The Morgan fingerprint density at radius 1 is 1.32 bits per heavy atom. The molecule has 0 fully saturated rings. The van der Waals surface area contributed by atoms with Crippen molar-refractivity contribution in [2.75, 3.05) is 19.0 Å². The molecule has 0 radical (unpaired) electrons. The van der Waals surface area contributed by atoms with E-state index >= 15 is 0 Å². The van der Waals surface area contributed by atoms with Crippen molar-refractivity contribution in [2.45, 2.75) is 33.1 Å². The molecule has 1 N–H and O–H groups in total. The van der Waals surface area contributed by atoms with Gasteiger partial charge in [-0.05, 0) is 67.0 Å². The van der Waals surface area contributed by atoms with Crippen molar-refractivity contribution in [3.8, 4) is 17.6 Å². The number of nitriles is 1. The summed E-state index contributed by atoms with van der Waals surface area (Å²) in [5, 5.41) is 24.0. The van der Waals surface area contributed by atoms with E-state index in [0.717, 1.165) is 30.4 Å². The highest BCUT2D eigenvalue weighted by Crippen LogP contribution is 2.40. The number of anilines is 1. The van der Waals surface area contributed by atoms with E-state index in [0.29, 0.717) is 39.2 Å². The van der Waals surface area contributed by atoms with E-state index in [1.807, 2.05) is 0 Å². The molecule has 3 aromatic rings. The van der Waals surface area contributed by atoms with E-state index in [2.05, 4.69) is 23.3 Å². The van der Waals surface area contributed by atoms with Gasteiger partial charge >= 0.3 is 0 Å². The number of methoxy groups -OCH3 is 1. The third-order valence-electron chi connectivity index (χ3n) is 6.19. The molecular weight excluding hydrogens is 492 g/mol. The number of carbonyl (C=O) groups excluding carboxylic acids is 1. The zero-order chi connectivity index (χ0) is 26.5. The topological polar surface area (TPSA) is 127 Å². The number of aliphatic imine (C=N–C) groups is 1. The number of benzene rings is 2. The van der Waals surface area contributed by atoms with Crippen LogP contribution in [0, 0.1) is 34.3 Å². The minimum absolute atomic E-state index is 0.111. The molecule has 0 unspecified atom stereocenters. The molecule has 9 nitrogen and oxygen atoms in total. The molecule has 1 aliphatic rings. The Bertz CT molecular complexity index is 1420. The molecule has 2 aromatic carbocycles. The van der Waals surface area contributed by atoms with Crippen LogP contribution in [0.5, 0.6) is 11.5 Å². The Hall–Kier alpha value is -4.23. The van der Waals surface area contributed by atoms with Crippen LogP contribution in [0.15, 0.2) is 41.4 Å². The molecule has 190 valence electrons. The molecule has 10 heteroatoms. The Balaban J connectivity index is 1.44. The van der Waals surface area contributed by atoms with Crippen LogP contribution >= 0.6 is 11.3 Å². The number of hydrogen-bond acceptors (Lipinski definition) is 8. The summed E-state index contributed by atoms with van der Waals surface area (Å²) >= 11 is 1.58. The van der Waals surface area contributed by atoms with E-state index in [1.165, 1.54) is 24.1 Å². The molecule has 0 saturated carbocycles. The molecule has 0 saturated heterocycles. The number of non-ortho nitro benzene ring substituents is 1. The highest BCUT2D eigenvalue weighted by atomic mass is 32.1. The van der Waals surface area contributed by atoms with Gasteiger partial charge in [-0.25, -0.2) is 4.99 Å². The summed E-state index contributed by atoms with van der Waals surface area (Å²) in [6.45, 7) is 3.66. The lowest BCUT2D eigenvalue weighted by molar-refractivity contribution is -0.384. The van der Waals surface area contributed by atoms with Crippen molar-refractivity contribution in [1.82, 2.24) is 0 Å². The first-order chi connectivity index (χ1) is 17.8. The molecule has 0 aliphatic heterocycles. The number of nitro groups is 1. The van der Waals surface area contributed by atoms with Crippen molar-refractivity contribution < 1.29 is 19.2 Å². The average molecular weight is 519 g/mol. The SMILES string of the molecule is COc1cc(C=Nc2sc3c(c2C#N)CC[C@@H](C)C3)ccc1OCC(=O)Nc1cc([N+](=O)[O-])ccc1C. The molecule has 4 rings (SSSR count). The second kappa shape index (κ2) is 11.2. The van der Waals surface area contributed by atoms with Crippen molar-refractivity contribution >= 4 is 39.8 Å². The van der Waals surface area contributed by atoms with Gasteiger partial charge in [-0.15, -0.1) is 11.3 Å². The number of nitrogens with zero attached hydrogens (tertiary/aromatic N) is 3. The summed E-state index contributed by atoms with van der Waals surface area (Å²) in [6, 6.07) is 11.8. The number of nitrogens with one attached hydrogen (secondary N) is 1. The first kappa shape index (κ1) is 25.9. The van der Waals surface area contributed by atoms with Gasteiger partial charge in [0.2, 0.25) is 0 Å². The minimum atomic E-state index is -0.518. The molecule has 1 aromatic heterocycles. The minimum Gasteiger partial charge on any atom is -0.493 e. The smallest absolute Gasteiger partial charge is 0.271 e. The highest BCUT2D eigenvalue weighted by Gasteiger charge is 2.23. The highest BCUT2D eigenvalue weighted by molar-refractivity contribution is 7.16. The number of carbonyl (C=O) groups is 1. The van der Waals surface area contributed by atoms with Crippen molar-refractivity contribution in [3.63, 3.8) is 0 Å². The van der Waals surface area contributed by atoms with Crippen LogP contribution in [0.1, 0.15) is 40.5 Å². The van der Waals surface area contributed by atoms with Crippen molar-refractivity contribution in [2.24, 2.45) is 10.9 Å². The molecule has 1 amide bonds. The maximum absolute atomic E-state index is 12.4. The van der Waals surface area contributed by atoms with Crippen LogP contribution in [0.2, 0.25) is 0 Å². The van der Waals surface area contributed by atoms with Crippen LogP contribution in [0.3, 0.4) is 0 Å². The largest absolute Gasteiger partial charge is 0.493 e. The standard InChI is InChI=1S/C27H26N4O5S/c1-16-4-8-20-21(13-28)27(37-25(20)10-16)29-14-18-6-9-23(24(11-18)35-3)36-15-26(32)30-22-12-19(31(33)34)7-5-17(22)2/h5-7,9,11-12,14,16H,4,8,10,15H2,1-3H3,(H,30,32)/t16-/m1/s1. The number of ether oxygens (including phenoxy) is 2. The summed E-state index contributed by atoms with van der Waals surface area (Å²) in [5.41, 5.74) is 3.49. The molecule has 0 spiro atoms. The first-order valence-corrected chi connectivity index (χ1v) is 12.5. The summed E-state index contributed by atoms with van der Waals surface area (Å²) in [4.78, 5) is 28.8. The Morgan fingerprint density at radius 3 is 2.86 bits per heavy atom. The van der Waals surface area contributed by atoms with E-state index < -0.39 is 10.8 Å². The lowest BCUT2D eigenvalue weighted by atomic mass is 9.89. The maximum Gasteiger partial charge on any atom is 0.271 e. The second-order valence-corrected chi connectivity index (χ2v) is 9.99. The second-order valence-electron chi connectivity index (χ2n) is 8.91. The lowest BCUT2D eigenvalue weighted by Gasteiger charge is -2.17. The van der Waals surface area contributed by atoms with Gasteiger partial charge in [-0.3, -0.25) is 14.9 Å². The van der Waals surface area contributed by atoms with Crippen molar-refractivity contribution in [3.05, 3.63) is 73.6 Å². The summed E-state index contributed by atoms with van der Waals surface area (Å²) in [7, 11) is 1.50. The van der Waals surface area contributed by atoms with E-state index in [4.69, 9.17) is 9.47 Å². The van der Waals surface area contributed by atoms with Crippen molar-refractivity contribution in [1.29, 1.82) is 5.26 Å². The normalized spacial score (nSPS) is 14.6. The molecular formula is C27H26N4O5S. The van der Waals surface area contributed by atoms with Crippen LogP contribution in [-0.4, -0.2) is 30.8 Å². The molecule has 1 atom stereocenters. The number of thiophene rings is 1. The number of nitro benzene ring substituents is 1. The fourth-order valence-corrected chi connectivity index (χ4v) is 5.45. The molecule has 1 aliphatic carbocycles. The fraction of sp³-hybridized carbons (Fsp3) is 0.296. The average Bonchev–Trinajstić information content (AvgIpc) is 3.23. The molecule has 0 bridgehead atoms. The lowest BCUT2D eigenvalue weighted by Crippen LogP contribution is -2.21. The maximum atomic E-state index is 12.4. The third kappa shape index (κ3) is 5.95. The number of amides is 1. The van der Waals surface area contributed by atoms with Gasteiger partial charge < -0.3 is 14.8 Å². The van der Waals surface area contributed by atoms with Gasteiger partial charge in [0.1, 0.15) is 11.1 Å². The summed E-state index contributed by atoms with van der Waals surface area (Å²) in [6.07, 6.45) is 4.67. The van der Waals surface area contributed by atoms with Crippen LogP contribution in [0.25, 0.3) is 0 Å². The Morgan fingerprint density at radius 2 is 2.14 bits per heavy atom. The Kier molecular flexibility index (Phi) is 7.84. The number of rotatable bonds is 8. The summed E-state index contributed by atoms with van der Waals surface area (Å²) < 4.78 is 11.1. The first-order valence-electron chi connectivity index (χ1n) is 11.7. The Labute approximate surface area is 218 Å². The van der Waals surface area contributed by atoms with Gasteiger partial charge in [0.25, 0.3) is 11.6 Å². The third-order valence-corrected chi connectivity index (χ3v) is 7.35. The van der Waals surface area contributed by atoms with Crippen LogP contribution < -0.4 is 14.8 Å². The van der Waals surface area contributed by atoms with E-state index in [-0.39, 0.29) is 12.3 Å². The zero-order valence-corrected chi connectivity index (χ0v) is 21.6. The molecule has 1 heterocycles. The predicted molar refractivity (Wildman–Crippen MR) is 142 cm³/mol. The quantitative estimate of drug-likeness (QED) is 0.230. The fourth-order valence-electron chi connectivity index (χ4n) is 4.15. The van der Waals surface area contributed by atoms with E-state index in [9.17, 15) is 20.2 Å². The predicted octanol–water partition coefficient (Wildman–Crippen LogP) is 5.74. The van der Waals surface area contributed by atoms with E-state index in [1.54, 1.807) is 48.7 Å². The van der Waals surface area contributed by atoms with Crippen LogP contribution in [-0.2, 0) is 17.6 Å². The van der Waals surface area contributed by atoms with Gasteiger partial charge in [-0.2, -0.15) is 5.26 Å². The van der Waals surface area contributed by atoms with Crippen LogP contribution in [0.4, 0.5) is 16.4 Å². The zero-order valence-electron chi connectivity index (χ0n) is 20.7. The van der Waals surface area contributed by atoms with Gasteiger partial charge in [0.05, 0.1) is 23.3 Å². The summed E-state index contributed by atoms with van der Waals surface area (Å²) in [5.74, 6) is 0.937.